The van der Waals surface area contributed by atoms with Crippen LogP contribution < -0.4 is 16.4 Å². The van der Waals surface area contributed by atoms with Crippen molar-refractivity contribution >= 4 is 11.8 Å². The number of hydrogen-bond acceptors (Lipinski definition) is 3. The van der Waals surface area contributed by atoms with Gasteiger partial charge >= 0.3 is 0 Å². The Balaban J connectivity index is 2.20. The van der Waals surface area contributed by atoms with Crippen LogP contribution in [0.3, 0.4) is 0 Å². The zero-order valence-electron chi connectivity index (χ0n) is 7.94. The lowest BCUT2D eigenvalue weighted by Gasteiger charge is -2.28. The van der Waals surface area contributed by atoms with Crippen LogP contribution in [0.2, 0.25) is 0 Å². The molecule has 2 amide bonds. The molecule has 1 aliphatic heterocycles. The highest BCUT2D eigenvalue weighted by molar-refractivity contribution is 6.06. The van der Waals surface area contributed by atoms with Gasteiger partial charge in [0.05, 0.1) is 0 Å². The molecule has 0 aliphatic carbocycles. The maximum atomic E-state index is 11.3. The molecular formula is C10H11N3O2. The van der Waals surface area contributed by atoms with E-state index in [1.165, 1.54) is 0 Å². The van der Waals surface area contributed by atoms with E-state index in [1.807, 2.05) is 30.3 Å². The Morgan fingerprint density at radius 3 is 2.07 bits per heavy atom. The van der Waals surface area contributed by atoms with Gasteiger partial charge in [-0.15, -0.1) is 0 Å². The molecule has 0 spiro atoms. The van der Waals surface area contributed by atoms with Gasteiger partial charge < -0.3 is 16.4 Å². The Morgan fingerprint density at radius 2 is 1.53 bits per heavy atom. The van der Waals surface area contributed by atoms with Gasteiger partial charge in [-0.05, 0) is 5.56 Å². The van der Waals surface area contributed by atoms with E-state index in [0.29, 0.717) is 0 Å². The molecule has 0 unspecified atom stereocenters. The van der Waals surface area contributed by atoms with Gasteiger partial charge in [0.2, 0.25) is 11.8 Å². The lowest BCUT2D eigenvalue weighted by Crippen LogP contribution is -2.60. The van der Waals surface area contributed by atoms with E-state index in [2.05, 4.69) is 10.6 Å². The first-order valence-electron chi connectivity index (χ1n) is 4.60. The van der Waals surface area contributed by atoms with Crippen LogP contribution in [0.25, 0.3) is 0 Å². The molecule has 1 fully saturated rings. The normalized spacial score (nSPS) is 25.7. The fourth-order valence-corrected chi connectivity index (χ4v) is 1.43. The quantitative estimate of drug-likeness (QED) is 0.528. The van der Waals surface area contributed by atoms with Crippen molar-refractivity contribution in [3.63, 3.8) is 0 Å². The number of nitrogens with one attached hydrogen (secondary N) is 2. The fraction of sp³-hybridized carbons (Fsp3) is 0.200. The molecule has 1 aromatic carbocycles. The fourth-order valence-electron chi connectivity index (χ4n) is 1.43. The number of carbonyl (C=O) groups excluding carboxylic acids is 2. The highest BCUT2D eigenvalue weighted by Crippen LogP contribution is 2.12. The average Bonchev–Trinajstić information content (AvgIpc) is 2.26. The Kier molecular flexibility index (Phi) is 2.39. The smallest absolute Gasteiger partial charge is 0.248 e. The molecule has 15 heavy (non-hydrogen) atoms. The topological polar surface area (TPSA) is 84.2 Å². The van der Waals surface area contributed by atoms with E-state index in [1.54, 1.807) is 0 Å². The van der Waals surface area contributed by atoms with E-state index < -0.39 is 24.0 Å². The van der Waals surface area contributed by atoms with E-state index in [-0.39, 0.29) is 0 Å². The lowest BCUT2D eigenvalue weighted by atomic mass is 10.1. The highest BCUT2D eigenvalue weighted by atomic mass is 16.2. The highest BCUT2D eigenvalue weighted by Gasteiger charge is 2.32. The van der Waals surface area contributed by atoms with E-state index in [9.17, 15) is 9.59 Å². The van der Waals surface area contributed by atoms with Crippen LogP contribution in [0.1, 0.15) is 11.7 Å². The van der Waals surface area contributed by atoms with Crippen LogP contribution in [0, 0.1) is 0 Å². The number of rotatable bonds is 1. The predicted molar refractivity (Wildman–Crippen MR) is 53.4 cm³/mol. The minimum absolute atomic E-state index is 0.451. The molecule has 1 aliphatic rings. The molecule has 1 aromatic rings. The molecule has 0 atom stereocenters. The van der Waals surface area contributed by atoms with Gasteiger partial charge in [-0.25, -0.2) is 0 Å². The van der Waals surface area contributed by atoms with Crippen molar-refractivity contribution in [1.29, 1.82) is 0 Å². The SMILES string of the molecule is NC1C(=O)NC(c2ccccc2)NC1=O. The summed E-state index contributed by atoms with van der Waals surface area (Å²) in [5, 5.41) is 5.23. The second-order valence-electron chi connectivity index (χ2n) is 3.34. The minimum atomic E-state index is -1.11. The number of nitrogens with two attached hydrogens (primary N) is 1. The van der Waals surface area contributed by atoms with Crippen molar-refractivity contribution in [2.45, 2.75) is 12.2 Å². The van der Waals surface area contributed by atoms with Crippen LogP contribution in [-0.2, 0) is 9.59 Å². The molecule has 4 N–H and O–H groups in total. The molecule has 1 heterocycles. The molecule has 1 saturated heterocycles. The third-order valence-electron chi connectivity index (χ3n) is 2.27. The summed E-state index contributed by atoms with van der Waals surface area (Å²) in [7, 11) is 0. The van der Waals surface area contributed by atoms with Crippen molar-refractivity contribution in [2.75, 3.05) is 0 Å². The summed E-state index contributed by atoms with van der Waals surface area (Å²) in [5.74, 6) is -0.903. The molecule has 0 bridgehead atoms. The first-order chi connectivity index (χ1) is 7.18. The van der Waals surface area contributed by atoms with Crippen molar-refractivity contribution in [3.8, 4) is 0 Å². The Morgan fingerprint density at radius 1 is 1.00 bits per heavy atom. The summed E-state index contributed by atoms with van der Waals surface area (Å²) in [6, 6.07) is 8.07. The van der Waals surface area contributed by atoms with Gasteiger partial charge in [0.25, 0.3) is 0 Å². The van der Waals surface area contributed by atoms with Gasteiger partial charge in [0.1, 0.15) is 6.17 Å². The number of benzene rings is 1. The Bertz CT molecular complexity index is 373. The standard InChI is InChI=1S/C10H11N3O2/c11-7-9(14)12-8(13-10(7)15)6-4-2-1-3-5-6/h1-5,7-8H,11H2,(H,12,14)(H,13,15). The van der Waals surface area contributed by atoms with Crippen LogP contribution in [0.15, 0.2) is 30.3 Å². The summed E-state index contributed by atoms with van der Waals surface area (Å²) < 4.78 is 0. The molecule has 78 valence electrons. The second kappa shape index (κ2) is 3.70. The molecule has 5 nitrogen and oxygen atoms in total. The van der Waals surface area contributed by atoms with Crippen molar-refractivity contribution in [2.24, 2.45) is 5.73 Å². The van der Waals surface area contributed by atoms with Crippen LogP contribution in [-0.4, -0.2) is 17.9 Å². The maximum Gasteiger partial charge on any atom is 0.248 e. The monoisotopic (exact) mass is 205 g/mol. The number of carbonyl (C=O) groups is 2. The van der Waals surface area contributed by atoms with Gasteiger partial charge in [-0.3, -0.25) is 9.59 Å². The molecule has 0 radical (unpaired) electrons. The average molecular weight is 205 g/mol. The van der Waals surface area contributed by atoms with E-state index in [0.717, 1.165) is 5.56 Å². The van der Waals surface area contributed by atoms with Crippen molar-refractivity contribution < 1.29 is 9.59 Å². The zero-order chi connectivity index (χ0) is 10.8. The number of amides is 2. The summed E-state index contributed by atoms with van der Waals surface area (Å²) in [6.07, 6.45) is -0.481. The maximum absolute atomic E-state index is 11.3. The first-order valence-corrected chi connectivity index (χ1v) is 4.60. The van der Waals surface area contributed by atoms with E-state index >= 15 is 0 Å². The first kappa shape index (κ1) is 9.67. The Labute approximate surface area is 86.6 Å². The molecule has 2 rings (SSSR count). The number of hydrogen-bond donors (Lipinski definition) is 3. The van der Waals surface area contributed by atoms with Crippen molar-refractivity contribution in [1.82, 2.24) is 10.6 Å². The van der Waals surface area contributed by atoms with Crippen LogP contribution in [0.5, 0.6) is 0 Å². The summed E-state index contributed by atoms with van der Waals surface area (Å²) >= 11 is 0. The predicted octanol–water partition coefficient (Wildman–Crippen LogP) is -0.742. The van der Waals surface area contributed by atoms with Crippen molar-refractivity contribution in [3.05, 3.63) is 35.9 Å². The zero-order valence-corrected chi connectivity index (χ0v) is 7.94. The molecule has 0 aromatic heterocycles. The summed E-state index contributed by atoms with van der Waals surface area (Å²) in [4.78, 5) is 22.6. The largest absolute Gasteiger partial charge is 0.330 e. The van der Waals surface area contributed by atoms with Crippen LogP contribution >= 0.6 is 0 Å². The van der Waals surface area contributed by atoms with Gasteiger partial charge in [-0.1, -0.05) is 30.3 Å². The lowest BCUT2D eigenvalue weighted by molar-refractivity contribution is -0.136. The molecule has 5 heteroatoms. The molecular weight excluding hydrogens is 194 g/mol. The summed E-state index contributed by atoms with van der Waals surface area (Å²) in [6.45, 7) is 0. The summed E-state index contributed by atoms with van der Waals surface area (Å²) in [5.41, 5.74) is 6.16. The molecule has 0 saturated carbocycles. The third-order valence-corrected chi connectivity index (χ3v) is 2.27. The second-order valence-corrected chi connectivity index (χ2v) is 3.34. The van der Waals surface area contributed by atoms with Gasteiger partial charge in [0.15, 0.2) is 6.04 Å². The minimum Gasteiger partial charge on any atom is -0.330 e. The van der Waals surface area contributed by atoms with Gasteiger partial charge in [0, 0.05) is 0 Å². The van der Waals surface area contributed by atoms with Gasteiger partial charge in [-0.2, -0.15) is 0 Å². The Hall–Kier alpha value is -1.88. The van der Waals surface area contributed by atoms with Crippen LogP contribution in [0.4, 0.5) is 0 Å². The van der Waals surface area contributed by atoms with E-state index in [4.69, 9.17) is 5.73 Å². The third kappa shape index (κ3) is 1.82.